The molecule has 3 atom stereocenters. The molecular weight excluding hydrogens is 208 g/mol. The minimum Gasteiger partial charge on any atom is -0.353 e. The van der Waals surface area contributed by atoms with Gasteiger partial charge in [0.15, 0.2) is 0 Å². The van der Waals surface area contributed by atoms with Crippen molar-refractivity contribution >= 4 is 17.7 Å². The summed E-state index contributed by atoms with van der Waals surface area (Å²) >= 11 is 1.63. The van der Waals surface area contributed by atoms with E-state index in [1.807, 2.05) is 13.8 Å². The van der Waals surface area contributed by atoms with E-state index < -0.39 is 0 Å². The van der Waals surface area contributed by atoms with Gasteiger partial charge >= 0.3 is 0 Å². The molecule has 0 radical (unpaired) electrons. The molecule has 0 aliphatic heterocycles. The van der Waals surface area contributed by atoms with E-state index in [0.29, 0.717) is 0 Å². The molecule has 0 aliphatic rings. The molecule has 0 saturated carbocycles. The van der Waals surface area contributed by atoms with Gasteiger partial charge in [-0.1, -0.05) is 13.8 Å². The van der Waals surface area contributed by atoms with Crippen LogP contribution in [-0.2, 0) is 4.79 Å². The Morgan fingerprint density at radius 2 is 1.93 bits per heavy atom. The summed E-state index contributed by atoms with van der Waals surface area (Å²) in [6.07, 6.45) is 1.93. The largest absolute Gasteiger partial charge is 0.353 e. The summed E-state index contributed by atoms with van der Waals surface area (Å²) in [5.74, 6) is 0.976. The Morgan fingerprint density at radius 1 is 1.33 bits per heavy atom. The Hall–Kier alpha value is -0.220. The van der Waals surface area contributed by atoms with Crippen LogP contribution in [0.5, 0.6) is 0 Å². The van der Waals surface area contributed by atoms with Crippen molar-refractivity contribution in [2.45, 2.75) is 57.9 Å². The van der Waals surface area contributed by atoms with E-state index in [2.05, 4.69) is 19.2 Å². The summed E-state index contributed by atoms with van der Waals surface area (Å²) in [6, 6.07) is 0.467. The SMILES string of the molecule is CCC(N)CSC(C)C(=O)NC(C)CC. The Bertz CT molecular complexity index is 187. The van der Waals surface area contributed by atoms with Crippen molar-refractivity contribution in [2.75, 3.05) is 5.75 Å². The van der Waals surface area contributed by atoms with E-state index in [-0.39, 0.29) is 23.2 Å². The Balaban J connectivity index is 3.78. The van der Waals surface area contributed by atoms with Crippen LogP contribution in [-0.4, -0.2) is 29.0 Å². The third-order valence-corrected chi connectivity index (χ3v) is 3.79. The van der Waals surface area contributed by atoms with Gasteiger partial charge in [0.1, 0.15) is 0 Å². The van der Waals surface area contributed by atoms with Crippen molar-refractivity contribution in [3.63, 3.8) is 0 Å². The molecule has 3 unspecified atom stereocenters. The lowest BCUT2D eigenvalue weighted by atomic mass is 10.2. The predicted molar refractivity (Wildman–Crippen MR) is 68.1 cm³/mol. The van der Waals surface area contributed by atoms with Crippen molar-refractivity contribution in [2.24, 2.45) is 5.73 Å². The number of carbonyl (C=O) groups excluding carboxylic acids is 1. The molecule has 4 heteroatoms. The van der Waals surface area contributed by atoms with E-state index >= 15 is 0 Å². The second-order valence-electron chi connectivity index (χ2n) is 3.96. The highest BCUT2D eigenvalue weighted by Crippen LogP contribution is 2.12. The third-order valence-electron chi connectivity index (χ3n) is 2.45. The predicted octanol–water partition coefficient (Wildman–Crippen LogP) is 1.76. The highest BCUT2D eigenvalue weighted by molar-refractivity contribution is 8.00. The first-order valence-corrected chi connectivity index (χ1v) is 6.73. The highest BCUT2D eigenvalue weighted by atomic mass is 32.2. The summed E-state index contributed by atoms with van der Waals surface area (Å²) < 4.78 is 0. The van der Waals surface area contributed by atoms with Crippen molar-refractivity contribution < 1.29 is 4.79 Å². The van der Waals surface area contributed by atoms with Gasteiger partial charge < -0.3 is 11.1 Å². The molecule has 0 aliphatic carbocycles. The lowest BCUT2D eigenvalue weighted by Gasteiger charge is -2.17. The fourth-order valence-electron chi connectivity index (χ4n) is 0.924. The zero-order valence-corrected chi connectivity index (χ0v) is 11.1. The molecule has 0 rings (SSSR count). The number of hydrogen-bond acceptors (Lipinski definition) is 3. The van der Waals surface area contributed by atoms with Gasteiger partial charge in [0, 0.05) is 17.8 Å². The van der Waals surface area contributed by atoms with Crippen molar-refractivity contribution in [1.82, 2.24) is 5.32 Å². The van der Waals surface area contributed by atoms with E-state index in [4.69, 9.17) is 5.73 Å². The van der Waals surface area contributed by atoms with Crippen LogP contribution < -0.4 is 11.1 Å². The average Bonchev–Trinajstić information content (AvgIpc) is 2.24. The summed E-state index contributed by atoms with van der Waals surface area (Å²) in [7, 11) is 0. The second kappa shape index (κ2) is 7.99. The molecule has 0 aromatic carbocycles. The number of amides is 1. The molecule has 0 fully saturated rings. The number of hydrogen-bond donors (Lipinski definition) is 2. The molecule has 0 aromatic heterocycles. The first kappa shape index (κ1) is 14.8. The molecule has 0 aromatic rings. The number of nitrogens with two attached hydrogens (primary N) is 1. The van der Waals surface area contributed by atoms with Gasteiger partial charge in [0.05, 0.1) is 5.25 Å². The van der Waals surface area contributed by atoms with Gasteiger partial charge in [0.25, 0.3) is 0 Å². The molecule has 3 N–H and O–H groups in total. The van der Waals surface area contributed by atoms with Crippen LogP contribution in [0.25, 0.3) is 0 Å². The van der Waals surface area contributed by atoms with Gasteiger partial charge in [0.2, 0.25) is 5.91 Å². The summed E-state index contributed by atoms with van der Waals surface area (Å²) in [5, 5.41) is 2.97. The van der Waals surface area contributed by atoms with Crippen LogP contribution in [0.2, 0.25) is 0 Å². The van der Waals surface area contributed by atoms with Crippen molar-refractivity contribution in [3.05, 3.63) is 0 Å². The van der Waals surface area contributed by atoms with E-state index in [1.165, 1.54) is 0 Å². The van der Waals surface area contributed by atoms with Crippen LogP contribution >= 0.6 is 11.8 Å². The third kappa shape index (κ3) is 6.79. The number of thioether (sulfide) groups is 1. The van der Waals surface area contributed by atoms with Crippen molar-refractivity contribution in [1.29, 1.82) is 0 Å². The van der Waals surface area contributed by atoms with Crippen LogP contribution in [0.3, 0.4) is 0 Å². The van der Waals surface area contributed by atoms with E-state index in [1.54, 1.807) is 11.8 Å². The Morgan fingerprint density at radius 3 is 2.40 bits per heavy atom. The van der Waals surface area contributed by atoms with Crippen LogP contribution in [0.15, 0.2) is 0 Å². The molecule has 0 saturated heterocycles. The maximum Gasteiger partial charge on any atom is 0.233 e. The first-order valence-electron chi connectivity index (χ1n) is 5.68. The molecule has 0 spiro atoms. The summed E-state index contributed by atoms with van der Waals surface area (Å²) in [6.45, 7) is 8.09. The quantitative estimate of drug-likeness (QED) is 0.703. The first-order chi connectivity index (χ1) is 7.01. The monoisotopic (exact) mass is 232 g/mol. The van der Waals surface area contributed by atoms with Crippen LogP contribution in [0.4, 0.5) is 0 Å². The van der Waals surface area contributed by atoms with Gasteiger partial charge in [-0.05, 0) is 26.7 Å². The lowest BCUT2D eigenvalue weighted by Crippen LogP contribution is -2.38. The van der Waals surface area contributed by atoms with Gasteiger partial charge in [-0.2, -0.15) is 0 Å². The van der Waals surface area contributed by atoms with Gasteiger partial charge in [-0.3, -0.25) is 4.79 Å². The Kier molecular flexibility index (Phi) is 7.88. The maximum absolute atomic E-state index is 11.6. The van der Waals surface area contributed by atoms with Gasteiger partial charge in [-0.25, -0.2) is 0 Å². The second-order valence-corrected chi connectivity index (χ2v) is 5.34. The minimum absolute atomic E-state index is 0.00315. The molecule has 90 valence electrons. The topological polar surface area (TPSA) is 55.1 Å². The molecule has 3 nitrogen and oxygen atoms in total. The smallest absolute Gasteiger partial charge is 0.233 e. The Labute approximate surface area is 97.6 Å². The number of carbonyl (C=O) groups is 1. The van der Waals surface area contributed by atoms with Gasteiger partial charge in [-0.15, -0.1) is 11.8 Å². The van der Waals surface area contributed by atoms with E-state index in [0.717, 1.165) is 18.6 Å². The van der Waals surface area contributed by atoms with E-state index in [9.17, 15) is 4.79 Å². The van der Waals surface area contributed by atoms with Crippen LogP contribution in [0, 0.1) is 0 Å². The molecular formula is C11H24N2OS. The average molecular weight is 232 g/mol. The molecule has 15 heavy (non-hydrogen) atoms. The van der Waals surface area contributed by atoms with Crippen molar-refractivity contribution in [3.8, 4) is 0 Å². The highest BCUT2D eigenvalue weighted by Gasteiger charge is 2.15. The maximum atomic E-state index is 11.6. The normalized spacial score (nSPS) is 16.9. The fraction of sp³-hybridized carbons (Fsp3) is 0.909. The fourth-order valence-corrected chi connectivity index (χ4v) is 1.91. The summed E-state index contributed by atoms with van der Waals surface area (Å²) in [5.41, 5.74) is 5.80. The standard InChI is InChI=1S/C11H24N2OS/c1-5-8(3)13-11(14)9(4)15-7-10(12)6-2/h8-10H,5-7,12H2,1-4H3,(H,13,14). The molecule has 1 amide bonds. The zero-order chi connectivity index (χ0) is 11.8. The molecule has 0 heterocycles. The molecule has 0 bridgehead atoms. The van der Waals surface area contributed by atoms with Crippen LogP contribution in [0.1, 0.15) is 40.5 Å². The summed E-state index contributed by atoms with van der Waals surface area (Å²) in [4.78, 5) is 11.6. The number of rotatable bonds is 7. The lowest BCUT2D eigenvalue weighted by molar-refractivity contribution is -0.120. The zero-order valence-electron chi connectivity index (χ0n) is 10.2. The number of nitrogens with one attached hydrogen (secondary N) is 1. The minimum atomic E-state index is -0.00315.